The second-order valence-electron chi connectivity index (χ2n) is 6.13. The summed E-state index contributed by atoms with van der Waals surface area (Å²) in [4.78, 5) is 5.00. The largest absolute Gasteiger partial charge is 0.497 e. The molecular weight excluding hydrogens is 262 g/mol. The monoisotopic (exact) mass is 291 g/mol. The van der Waals surface area contributed by atoms with Gasteiger partial charge in [0.25, 0.3) is 0 Å². The quantitative estimate of drug-likeness (QED) is 0.873. The van der Waals surface area contributed by atoms with Crippen LogP contribution in [0.15, 0.2) is 24.3 Å². The van der Waals surface area contributed by atoms with Gasteiger partial charge in [0, 0.05) is 50.0 Å². The Balaban J connectivity index is 1.99. The van der Waals surface area contributed by atoms with Crippen molar-refractivity contribution in [2.75, 3.05) is 44.7 Å². The van der Waals surface area contributed by atoms with E-state index in [1.165, 1.54) is 18.5 Å². The van der Waals surface area contributed by atoms with Crippen molar-refractivity contribution in [3.8, 4) is 5.75 Å². The van der Waals surface area contributed by atoms with Crippen LogP contribution in [0, 0.1) is 0 Å². The lowest BCUT2D eigenvalue weighted by Gasteiger charge is -2.46. The van der Waals surface area contributed by atoms with Gasteiger partial charge in [-0.3, -0.25) is 4.90 Å². The van der Waals surface area contributed by atoms with Crippen molar-refractivity contribution in [2.45, 2.75) is 32.2 Å². The molecule has 1 heterocycles. The Morgan fingerprint density at radius 1 is 1.24 bits per heavy atom. The van der Waals surface area contributed by atoms with Gasteiger partial charge in [0.15, 0.2) is 0 Å². The smallest absolute Gasteiger partial charge is 0.120 e. The third-order valence-electron chi connectivity index (χ3n) is 4.69. The Bertz CT molecular complexity index is 443. The molecule has 0 radical (unpaired) electrons. The lowest BCUT2D eigenvalue weighted by atomic mass is 9.93. The number of methoxy groups -OCH3 is 1. The zero-order valence-corrected chi connectivity index (χ0v) is 13.6. The average Bonchev–Trinajstić information content (AvgIpc) is 2.55. The molecule has 1 unspecified atom stereocenters. The zero-order valence-electron chi connectivity index (χ0n) is 13.6. The van der Waals surface area contributed by atoms with Gasteiger partial charge in [0.2, 0.25) is 0 Å². The third kappa shape index (κ3) is 3.69. The molecule has 2 N–H and O–H groups in total. The molecule has 0 aromatic heterocycles. The molecule has 1 aromatic rings. The first-order chi connectivity index (χ1) is 10.1. The highest BCUT2D eigenvalue weighted by atomic mass is 16.5. The van der Waals surface area contributed by atoms with Crippen LogP contribution in [-0.2, 0) is 0 Å². The van der Waals surface area contributed by atoms with E-state index in [9.17, 15) is 0 Å². The summed E-state index contributed by atoms with van der Waals surface area (Å²) in [7, 11) is 1.72. The van der Waals surface area contributed by atoms with Gasteiger partial charge in [-0.2, -0.15) is 0 Å². The van der Waals surface area contributed by atoms with Gasteiger partial charge in [0.05, 0.1) is 7.11 Å². The fraction of sp³-hybridized carbons (Fsp3) is 0.647. The van der Waals surface area contributed by atoms with Gasteiger partial charge in [-0.05, 0) is 25.5 Å². The molecule has 0 amide bonds. The van der Waals surface area contributed by atoms with E-state index in [1.54, 1.807) is 7.11 Å². The van der Waals surface area contributed by atoms with Crippen LogP contribution < -0.4 is 15.4 Å². The summed E-state index contributed by atoms with van der Waals surface area (Å²) < 4.78 is 5.32. The molecule has 1 atom stereocenters. The normalized spacial score (nSPS) is 19.3. The fourth-order valence-electron chi connectivity index (χ4n) is 3.24. The van der Waals surface area contributed by atoms with Crippen molar-refractivity contribution in [1.82, 2.24) is 4.90 Å². The van der Waals surface area contributed by atoms with Gasteiger partial charge in [-0.1, -0.05) is 19.4 Å². The molecular formula is C17H29N3O. The molecule has 118 valence electrons. The van der Waals surface area contributed by atoms with Crippen LogP contribution >= 0.6 is 0 Å². The number of ether oxygens (including phenoxy) is 1. The zero-order chi connectivity index (χ0) is 15.3. The Labute approximate surface area is 128 Å². The molecule has 0 aliphatic carbocycles. The minimum atomic E-state index is 0.148. The summed E-state index contributed by atoms with van der Waals surface area (Å²) in [5, 5.41) is 0. The first kappa shape index (κ1) is 16.1. The highest BCUT2D eigenvalue weighted by Gasteiger charge is 2.32. The number of hydrogen-bond donors (Lipinski definition) is 1. The van der Waals surface area contributed by atoms with Crippen molar-refractivity contribution < 1.29 is 4.74 Å². The van der Waals surface area contributed by atoms with Crippen LogP contribution in [0.4, 0.5) is 5.69 Å². The summed E-state index contributed by atoms with van der Waals surface area (Å²) in [6.45, 7) is 9.52. The topological polar surface area (TPSA) is 41.7 Å². The van der Waals surface area contributed by atoms with Crippen LogP contribution in [0.5, 0.6) is 5.75 Å². The van der Waals surface area contributed by atoms with Crippen LogP contribution in [0.3, 0.4) is 0 Å². The van der Waals surface area contributed by atoms with E-state index in [-0.39, 0.29) is 5.54 Å². The Morgan fingerprint density at radius 3 is 2.52 bits per heavy atom. The highest BCUT2D eigenvalue weighted by molar-refractivity contribution is 5.51. The number of nitrogens with zero attached hydrogens (tertiary/aromatic N) is 2. The summed E-state index contributed by atoms with van der Waals surface area (Å²) >= 11 is 0. The van der Waals surface area contributed by atoms with E-state index in [0.717, 1.165) is 38.5 Å². The van der Waals surface area contributed by atoms with Crippen molar-refractivity contribution in [2.24, 2.45) is 5.73 Å². The molecule has 0 bridgehead atoms. The van der Waals surface area contributed by atoms with Crippen molar-refractivity contribution in [3.05, 3.63) is 24.3 Å². The summed E-state index contributed by atoms with van der Waals surface area (Å²) in [6.07, 6.45) is 2.35. The molecule has 2 rings (SSSR count). The lowest BCUT2D eigenvalue weighted by molar-refractivity contribution is 0.0935. The molecule has 4 heteroatoms. The Hall–Kier alpha value is -1.26. The SMILES string of the molecule is CCCC(C)(CN)N1CCN(c2cccc(OC)c2)CC1. The number of benzene rings is 1. The van der Waals surface area contributed by atoms with E-state index in [1.807, 2.05) is 6.07 Å². The molecule has 1 saturated heterocycles. The number of hydrogen-bond acceptors (Lipinski definition) is 4. The molecule has 0 spiro atoms. The predicted molar refractivity (Wildman–Crippen MR) is 89.1 cm³/mol. The standard InChI is InChI=1S/C17H29N3O/c1-4-8-17(2,14-18)20-11-9-19(10-12-20)15-6-5-7-16(13-15)21-3/h5-7,13H,4,8-12,14,18H2,1-3H3. The summed E-state index contributed by atoms with van der Waals surface area (Å²) in [6, 6.07) is 8.32. The van der Waals surface area contributed by atoms with E-state index >= 15 is 0 Å². The van der Waals surface area contributed by atoms with Crippen LogP contribution in [0.2, 0.25) is 0 Å². The number of nitrogens with two attached hydrogens (primary N) is 1. The average molecular weight is 291 g/mol. The van der Waals surface area contributed by atoms with Crippen LogP contribution in [0.25, 0.3) is 0 Å². The van der Waals surface area contributed by atoms with E-state index in [0.29, 0.717) is 0 Å². The molecule has 1 aliphatic rings. The molecule has 4 nitrogen and oxygen atoms in total. The number of anilines is 1. The summed E-state index contributed by atoms with van der Waals surface area (Å²) in [5.74, 6) is 0.924. The van der Waals surface area contributed by atoms with Gasteiger partial charge < -0.3 is 15.4 Å². The fourth-order valence-corrected chi connectivity index (χ4v) is 3.24. The Morgan fingerprint density at radius 2 is 1.95 bits per heavy atom. The van der Waals surface area contributed by atoms with Crippen molar-refractivity contribution in [3.63, 3.8) is 0 Å². The van der Waals surface area contributed by atoms with Gasteiger partial charge in [0.1, 0.15) is 5.75 Å². The Kier molecular flexibility index (Phi) is 5.48. The van der Waals surface area contributed by atoms with Gasteiger partial charge >= 0.3 is 0 Å². The van der Waals surface area contributed by atoms with E-state index < -0.39 is 0 Å². The molecule has 1 fully saturated rings. The maximum Gasteiger partial charge on any atom is 0.120 e. The molecule has 21 heavy (non-hydrogen) atoms. The second kappa shape index (κ2) is 7.14. The maximum absolute atomic E-state index is 6.04. The molecule has 1 aliphatic heterocycles. The van der Waals surface area contributed by atoms with Crippen molar-refractivity contribution >= 4 is 5.69 Å². The van der Waals surface area contributed by atoms with Crippen molar-refractivity contribution in [1.29, 1.82) is 0 Å². The highest BCUT2D eigenvalue weighted by Crippen LogP contribution is 2.26. The van der Waals surface area contributed by atoms with E-state index in [2.05, 4.69) is 41.8 Å². The third-order valence-corrected chi connectivity index (χ3v) is 4.69. The van der Waals surface area contributed by atoms with E-state index in [4.69, 9.17) is 10.5 Å². The predicted octanol–water partition coefficient (Wildman–Crippen LogP) is 2.33. The number of piperazine rings is 1. The lowest BCUT2D eigenvalue weighted by Crippen LogP contribution is -2.58. The summed E-state index contributed by atoms with van der Waals surface area (Å²) in [5.41, 5.74) is 7.43. The molecule has 1 aromatic carbocycles. The minimum Gasteiger partial charge on any atom is -0.497 e. The maximum atomic E-state index is 6.04. The van der Waals surface area contributed by atoms with Crippen LogP contribution in [0.1, 0.15) is 26.7 Å². The first-order valence-corrected chi connectivity index (χ1v) is 7.97. The second-order valence-corrected chi connectivity index (χ2v) is 6.13. The van der Waals surface area contributed by atoms with Gasteiger partial charge in [-0.15, -0.1) is 0 Å². The molecule has 0 saturated carbocycles. The van der Waals surface area contributed by atoms with Crippen LogP contribution in [-0.4, -0.2) is 50.3 Å². The minimum absolute atomic E-state index is 0.148. The van der Waals surface area contributed by atoms with Gasteiger partial charge in [-0.25, -0.2) is 0 Å². The number of rotatable bonds is 6. The first-order valence-electron chi connectivity index (χ1n) is 7.97.